The van der Waals surface area contributed by atoms with Crippen LogP contribution in [-0.2, 0) is 52.5 Å². The van der Waals surface area contributed by atoms with E-state index >= 15 is 0 Å². The number of carbonyl (C=O) groups is 3. The van der Waals surface area contributed by atoms with Crippen molar-refractivity contribution in [1.82, 2.24) is 0 Å². The van der Waals surface area contributed by atoms with Crippen LogP contribution in [0.2, 0.25) is 0 Å². The molecule has 8 aliphatic rings. The molecule has 12 nitrogen and oxygen atoms in total. The van der Waals surface area contributed by atoms with E-state index in [1.165, 1.54) is 136 Å². The molecule has 6 fully saturated rings. The number of allylic oxidation sites excluding steroid dienone is 2. The number of rotatable bonds is 26. The first kappa shape index (κ1) is 86.2. The van der Waals surface area contributed by atoms with Crippen LogP contribution in [-0.4, -0.2) is 97.5 Å². The molecule has 0 radical (unpaired) electrons. The standard InChI is InChI=1S/C37H58O4S.C33H56O3S.C3H6O2S.CH3F.CH2O3.2K.H/c1-26(2)9-7-10-28(4)33-17-18-34-32-16-13-29-25-30(19-21-36(29,5)35(32)20-22-37(33,34)6)40-23-8-24-41-42(38,39)31-14-11-27(3)12-15-31;1-23(2)9-7-10-24(3)28-13-14-29-27-12-11-25-21-26(36-19-8-20-37-22-31(34)35-6)15-17-32(25,4)30(27)16-18-33(28,29)5;1-5-3(4)2-6;1-2;2-1-4-3;;;/h11-15,26,28,30,32-35H,7-10,16-25H2,1-6H3;11,23-24,26-30H,7-10,12-22H2,1-6H3;6H,2H2,1H3;1H3;1,3H;;;/q;;;;;2*+1;-1/p-1/t28-,30+,32?,33-,34?,35?,36+,37-;24-,26+,27?,28-,29?,30?,32+,33-;;;;;;/m11....../s1/i;;;1D;;;;. The molecule has 1 aromatic carbocycles. The number of thioether (sulfide) groups is 1. The summed E-state index contributed by atoms with van der Waals surface area (Å²) < 4.78 is 67.2. The van der Waals surface area contributed by atoms with Crippen molar-refractivity contribution < 1.29 is 166 Å². The summed E-state index contributed by atoms with van der Waals surface area (Å²) in [5.41, 5.74) is 6.25. The quantitative estimate of drug-likeness (QED) is 0.0107. The predicted molar refractivity (Wildman–Crippen MR) is 370 cm³/mol. The molecular formula is C75H125FK2O12S3. The second-order valence-corrected chi connectivity index (χ2v) is 33.4. The van der Waals surface area contributed by atoms with E-state index in [9.17, 15) is 22.4 Å². The monoisotopic (exact) mass is 1410 g/mol. The number of benzene rings is 1. The van der Waals surface area contributed by atoms with E-state index in [1.807, 2.05) is 6.92 Å². The number of carbonyl (C=O) groups excluding carboxylic acids is 3. The average Bonchev–Trinajstić information content (AvgIpc) is 1.70. The molecule has 0 aromatic heterocycles. The van der Waals surface area contributed by atoms with Crippen LogP contribution in [0.3, 0.4) is 0 Å². The van der Waals surface area contributed by atoms with Crippen molar-refractivity contribution in [3.8, 4) is 0 Å². The first-order chi connectivity index (χ1) is 43.8. The van der Waals surface area contributed by atoms with E-state index in [1.54, 1.807) is 47.2 Å². The van der Waals surface area contributed by atoms with Crippen LogP contribution in [0.4, 0.5) is 4.39 Å². The second-order valence-electron chi connectivity index (χ2n) is 30.4. The normalized spacial score (nSPS) is 32.0. The summed E-state index contributed by atoms with van der Waals surface area (Å²) in [6.45, 7) is 28.5. The maximum Gasteiger partial charge on any atom is 1.00 e. The fourth-order valence-electron chi connectivity index (χ4n) is 19.5. The first-order valence-electron chi connectivity index (χ1n) is 36.0. The predicted octanol–water partition coefficient (Wildman–Crippen LogP) is 11.5. The maximum absolute atomic E-state index is 12.4. The van der Waals surface area contributed by atoms with Crippen LogP contribution in [0.25, 0.3) is 0 Å². The van der Waals surface area contributed by atoms with Crippen molar-refractivity contribution in [1.29, 1.82) is 0 Å². The van der Waals surface area contributed by atoms with Crippen LogP contribution >= 0.6 is 24.4 Å². The third-order valence-electron chi connectivity index (χ3n) is 24.3. The van der Waals surface area contributed by atoms with Gasteiger partial charge >= 0.3 is 115 Å². The van der Waals surface area contributed by atoms with Crippen LogP contribution in [0.15, 0.2) is 52.5 Å². The largest absolute Gasteiger partial charge is 1.00 e. The summed E-state index contributed by atoms with van der Waals surface area (Å²) in [5, 5.41) is 8.43. The molecule has 6 saturated carbocycles. The minimum Gasteiger partial charge on any atom is -1.00 e. The van der Waals surface area contributed by atoms with Gasteiger partial charge in [-0.05, 0) is 233 Å². The number of ether oxygens (including phenoxy) is 4. The minimum absolute atomic E-state index is 0. The molecule has 93 heavy (non-hydrogen) atoms. The van der Waals surface area contributed by atoms with E-state index in [0.29, 0.717) is 46.5 Å². The van der Waals surface area contributed by atoms with E-state index in [0.717, 1.165) is 115 Å². The van der Waals surface area contributed by atoms with Gasteiger partial charge in [0.1, 0.15) is 0 Å². The fourth-order valence-corrected chi connectivity index (χ4v) is 21.4. The third-order valence-corrected chi connectivity index (χ3v) is 26.9. The number of halogens is 1. The third kappa shape index (κ3) is 24.2. The van der Waals surface area contributed by atoms with E-state index < -0.39 is 17.3 Å². The topological polar surface area (TPSA) is 164 Å². The SMILES string of the molecule is COC(=O)CS.COC(=O)CSCCCO[C@H]1CC[C@@]2(C)C(=CCC3C2CC[C@@]2(C)C3CC[C@@H]2[C@H](C)CCCC(C)C)C1.Cc1ccc(S(=O)(=O)OCCCO[C@H]2CC[C@@]3(C)C(=CCC4C3CC[C@@]3(C)C4CC[C@@H]3[C@H](C)CCCC(C)C)C2)cc1.O=CO[O-].[2H]CF.[H-].[K+].[K+]. The van der Waals surface area contributed by atoms with E-state index in [4.69, 9.17) is 29.8 Å². The van der Waals surface area contributed by atoms with Gasteiger partial charge in [0.15, 0.2) is 0 Å². The molecule has 524 valence electrons. The molecule has 16 atom stereocenters. The first-order valence-corrected chi connectivity index (χ1v) is 38.4. The Balaban J connectivity index is 0.000000534. The number of fused-ring (bicyclic) bond motifs is 10. The number of aryl methyl sites for hydroxylation is 1. The zero-order valence-electron chi connectivity index (χ0n) is 62.6. The van der Waals surface area contributed by atoms with Gasteiger partial charge in [-0.3, -0.25) is 23.0 Å². The second kappa shape index (κ2) is 43.0. The molecular weight excluding hydrogens is 1290 g/mol. The van der Waals surface area contributed by atoms with Gasteiger partial charge in [-0.1, -0.05) is 149 Å². The summed E-state index contributed by atoms with van der Waals surface area (Å²) in [4.78, 5) is 32.6. The Kier molecular flexibility index (Phi) is 39.9. The number of esters is 2. The Morgan fingerprint density at radius 2 is 1.12 bits per heavy atom. The summed E-state index contributed by atoms with van der Waals surface area (Å²) >= 11 is 5.27. The summed E-state index contributed by atoms with van der Waals surface area (Å²) in [6.07, 6.45) is 37.2. The Labute approximate surface area is 662 Å². The Morgan fingerprint density at radius 1 is 0.677 bits per heavy atom. The molecule has 0 bridgehead atoms. The van der Waals surface area contributed by atoms with Crippen LogP contribution < -0.4 is 108 Å². The van der Waals surface area contributed by atoms with E-state index in [-0.39, 0.29) is 146 Å². The number of alkyl halides is 1. The molecule has 0 amide bonds. The van der Waals surface area contributed by atoms with Crippen molar-refractivity contribution in [2.24, 2.45) is 92.7 Å². The molecule has 0 heterocycles. The fraction of sp³-hybridized carbons (Fsp3) is 0.827. The van der Waals surface area contributed by atoms with Gasteiger partial charge in [0.25, 0.3) is 16.6 Å². The molecule has 0 saturated heterocycles. The van der Waals surface area contributed by atoms with E-state index in [2.05, 4.69) is 104 Å². The Bertz CT molecular complexity index is 2560. The maximum atomic E-state index is 12.4. The van der Waals surface area contributed by atoms with Crippen LogP contribution in [0.1, 0.15) is 232 Å². The zero-order valence-corrected chi connectivity index (χ0v) is 69.4. The van der Waals surface area contributed by atoms with Crippen LogP contribution in [0, 0.1) is 99.6 Å². The molecule has 6 unspecified atom stereocenters. The number of thiol groups is 1. The molecule has 9 rings (SSSR count). The van der Waals surface area contributed by atoms with Crippen molar-refractivity contribution in [2.75, 3.05) is 58.5 Å². The van der Waals surface area contributed by atoms with Crippen molar-refractivity contribution in [3.63, 3.8) is 0 Å². The van der Waals surface area contributed by atoms with Gasteiger partial charge in [0, 0.05) is 13.2 Å². The van der Waals surface area contributed by atoms with Gasteiger partial charge in [-0.2, -0.15) is 32.8 Å². The molecule has 0 spiro atoms. The molecule has 1 aromatic rings. The van der Waals surface area contributed by atoms with Crippen molar-refractivity contribution >= 4 is 52.9 Å². The molecule has 0 aliphatic heterocycles. The molecule has 8 aliphatic carbocycles. The van der Waals surface area contributed by atoms with Gasteiger partial charge in [-0.15, -0.1) is 0 Å². The van der Waals surface area contributed by atoms with Gasteiger partial charge in [0.2, 0.25) is 0 Å². The minimum atomic E-state index is -3.71. The van der Waals surface area contributed by atoms with Gasteiger partial charge in [-0.25, -0.2) is 0 Å². The smallest absolute Gasteiger partial charge is 1.00 e. The summed E-state index contributed by atoms with van der Waals surface area (Å²) in [5.74, 6) is 11.7. The van der Waals surface area contributed by atoms with Crippen LogP contribution in [0.5, 0.6) is 0 Å². The van der Waals surface area contributed by atoms with Gasteiger partial charge in [0.05, 0.1) is 58.0 Å². The van der Waals surface area contributed by atoms with Crippen molar-refractivity contribution in [3.05, 3.63) is 53.1 Å². The summed E-state index contributed by atoms with van der Waals surface area (Å²) in [6, 6.07) is 6.81. The molecule has 0 N–H and O–H groups in total. The average molecular weight is 1410 g/mol. The number of methoxy groups -OCH3 is 2. The number of hydrogen-bond donors (Lipinski definition) is 1. The number of hydrogen-bond acceptors (Lipinski definition) is 14. The van der Waals surface area contributed by atoms with Crippen molar-refractivity contribution in [2.45, 2.75) is 247 Å². The molecule has 18 heteroatoms. The Morgan fingerprint density at radius 3 is 1.52 bits per heavy atom. The zero-order chi connectivity index (χ0) is 67.9. The Hall–Kier alpha value is 0.803. The van der Waals surface area contributed by atoms with Gasteiger partial charge < -0.3 is 30.5 Å². The summed E-state index contributed by atoms with van der Waals surface area (Å²) in [7, 11) is -1.92.